The second kappa shape index (κ2) is 6.83. The van der Waals surface area contributed by atoms with Crippen molar-refractivity contribution in [2.45, 2.75) is 12.8 Å². The average molecular weight is 328 g/mol. The van der Waals surface area contributed by atoms with Crippen LogP contribution >= 0.6 is 0 Å². The summed E-state index contributed by atoms with van der Waals surface area (Å²) in [6.45, 7) is 0.616. The van der Waals surface area contributed by atoms with Gasteiger partial charge in [0.15, 0.2) is 0 Å². The molecule has 20 heavy (non-hydrogen) atoms. The first-order chi connectivity index (χ1) is 9.16. The molecule has 0 aromatic rings. The topological polar surface area (TPSA) is 101 Å². The molecule has 0 unspecified atom stereocenters. The van der Waals surface area contributed by atoms with Crippen LogP contribution in [0.25, 0.3) is 0 Å². The van der Waals surface area contributed by atoms with Gasteiger partial charge < -0.3 is 4.74 Å². The fourth-order valence-electron chi connectivity index (χ4n) is 1.91. The van der Waals surface area contributed by atoms with Crippen LogP contribution in [0.3, 0.4) is 0 Å². The minimum absolute atomic E-state index is 0.0546. The molecule has 0 radical (unpaired) electrons. The number of piperazine rings is 1. The molecule has 0 saturated carbocycles. The Labute approximate surface area is 119 Å². The summed E-state index contributed by atoms with van der Waals surface area (Å²) < 4.78 is 53.7. The van der Waals surface area contributed by atoms with Gasteiger partial charge in [-0.25, -0.2) is 16.8 Å². The predicted molar refractivity (Wildman–Crippen MR) is 73.0 cm³/mol. The van der Waals surface area contributed by atoms with Crippen LogP contribution < -0.4 is 0 Å². The first-order valence-electron chi connectivity index (χ1n) is 6.16. The molecule has 118 valence electrons. The van der Waals surface area contributed by atoms with Crippen LogP contribution in [0.5, 0.6) is 0 Å². The fourth-order valence-corrected chi connectivity index (χ4v) is 4.22. The van der Waals surface area contributed by atoms with Crippen LogP contribution in [0.2, 0.25) is 0 Å². The number of esters is 1. The Bertz CT molecular complexity index is 534. The summed E-state index contributed by atoms with van der Waals surface area (Å²) in [5.74, 6) is -0.580. The van der Waals surface area contributed by atoms with Gasteiger partial charge >= 0.3 is 5.97 Å². The number of nitrogens with zero attached hydrogens (tertiary/aromatic N) is 2. The second-order valence-electron chi connectivity index (χ2n) is 4.56. The number of hydrogen-bond acceptors (Lipinski definition) is 6. The standard InChI is InChI=1S/C10H20N2O6S2/c1-18-10(13)4-3-9-20(16,17)12-7-5-11(6-8-12)19(2,14)15/h3-9H2,1-2H3. The van der Waals surface area contributed by atoms with Gasteiger partial charge in [0.2, 0.25) is 20.0 Å². The van der Waals surface area contributed by atoms with Gasteiger partial charge in [0, 0.05) is 32.6 Å². The zero-order valence-corrected chi connectivity index (χ0v) is 13.2. The van der Waals surface area contributed by atoms with E-state index in [1.807, 2.05) is 0 Å². The quantitative estimate of drug-likeness (QED) is 0.571. The van der Waals surface area contributed by atoms with Crippen LogP contribution in [0, 0.1) is 0 Å². The number of ether oxygens (including phenoxy) is 1. The van der Waals surface area contributed by atoms with Gasteiger partial charge in [-0.05, 0) is 6.42 Å². The molecule has 0 atom stereocenters. The zero-order chi connectivity index (χ0) is 15.4. The van der Waals surface area contributed by atoms with E-state index >= 15 is 0 Å². The molecule has 1 rings (SSSR count). The molecule has 1 aliphatic rings. The van der Waals surface area contributed by atoms with E-state index < -0.39 is 26.0 Å². The van der Waals surface area contributed by atoms with E-state index in [9.17, 15) is 21.6 Å². The maximum Gasteiger partial charge on any atom is 0.305 e. The minimum atomic E-state index is -3.45. The molecule has 0 N–H and O–H groups in total. The highest BCUT2D eigenvalue weighted by atomic mass is 32.2. The molecule has 10 heteroatoms. The fraction of sp³-hybridized carbons (Fsp3) is 0.900. The Hall–Kier alpha value is -0.710. The van der Waals surface area contributed by atoms with Crippen LogP contribution in [0.4, 0.5) is 0 Å². The summed E-state index contributed by atoms with van der Waals surface area (Å²) in [6, 6.07) is 0. The van der Waals surface area contributed by atoms with Gasteiger partial charge in [-0.15, -0.1) is 0 Å². The third-order valence-corrected chi connectivity index (χ3v) is 6.33. The largest absolute Gasteiger partial charge is 0.469 e. The van der Waals surface area contributed by atoms with Crippen molar-refractivity contribution in [2.24, 2.45) is 0 Å². The maximum absolute atomic E-state index is 12.0. The SMILES string of the molecule is COC(=O)CCCS(=O)(=O)N1CCN(S(C)(=O)=O)CC1. The van der Waals surface area contributed by atoms with Crippen molar-refractivity contribution < 1.29 is 26.4 Å². The number of hydrogen-bond donors (Lipinski definition) is 0. The number of sulfonamides is 2. The first kappa shape index (κ1) is 17.3. The third-order valence-electron chi connectivity index (χ3n) is 3.07. The van der Waals surface area contributed by atoms with Crippen LogP contribution in [-0.4, -0.2) is 76.7 Å². The molecule has 0 amide bonds. The number of methoxy groups -OCH3 is 1. The number of carbonyl (C=O) groups excluding carboxylic acids is 1. The predicted octanol–water partition coefficient (Wildman–Crippen LogP) is -1.15. The van der Waals surface area contributed by atoms with Gasteiger partial charge in [0.1, 0.15) is 0 Å². The highest BCUT2D eigenvalue weighted by molar-refractivity contribution is 7.89. The van der Waals surface area contributed by atoms with E-state index in [2.05, 4.69) is 4.74 Å². The normalized spacial score (nSPS) is 18.9. The van der Waals surface area contributed by atoms with Crippen molar-refractivity contribution in [3.8, 4) is 0 Å². The lowest BCUT2D eigenvalue weighted by Crippen LogP contribution is -2.50. The molecular formula is C10H20N2O6S2. The van der Waals surface area contributed by atoms with E-state index in [1.165, 1.54) is 15.7 Å². The van der Waals surface area contributed by atoms with Crippen molar-refractivity contribution in [3.63, 3.8) is 0 Å². The van der Waals surface area contributed by atoms with Crippen molar-refractivity contribution in [1.82, 2.24) is 8.61 Å². The molecule has 8 nitrogen and oxygen atoms in total. The summed E-state index contributed by atoms with van der Waals surface area (Å²) in [5.41, 5.74) is 0. The molecule has 1 saturated heterocycles. The first-order valence-corrected chi connectivity index (χ1v) is 9.62. The van der Waals surface area contributed by atoms with E-state index in [1.54, 1.807) is 0 Å². The lowest BCUT2D eigenvalue weighted by Gasteiger charge is -2.32. The number of carbonyl (C=O) groups is 1. The summed E-state index contributed by atoms with van der Waals surface area (Å²) in [6.07, 6.45) is 1.36. The van der Waals surface area contributed by atoms with Gasteiger partial charge in [-0.3, -0.25) is 4.79 Å². The van der Waals surface area contributed by atoms with Gasteiger partial charge in [-0.2, -0.15) is 8.61 Å². The summed E-state index contributed by atoms with van der Waals surface area (Å²) in [5, 5.41) is 0. The van der Waals surface area contributed by atoms with Crippen LogP contribution in [0.15, 0.2) is 0 Å². The Balaban J connectivity index is 2.49. The molecule has 1 aliphatic heterocycles. The molecule has 0 aromatic carbocycles. The van der Waals surface area contributed by atoms with Gasteiger partial charge in [-0.1, -0.05) is 0 Å². The number of rotatable bonds is 6. The Morgan fingerprint density at radius 3 is 2.00 bits per heavy atom. The summed E-state index contributed by atoms with van der Waals surface area (Å²) in [4.78, 5) is 10.9. The molecule has 1 fully saturated rings. The van der Waals surface area contributed by atoms with Crippen molar-refractivity contribution in [3.05, 3.63) is 0 Å². The molecule has 0 aliphatic carbocycles. The van der Waals surface area contributed by atoms with Crippen molar-refractivity contribution in [2.75, 3.05) is 45.3 Å². The molecule has 0 bridgehead atoms. The monoisotopic (exact) mass is 328 g/mol. The van der Waals surface area contributed by atoms with Gasteiger partial charge in [0.05, 0.1) is 19.1 Å². The average Bonchev–Trinajstić information content (AvgIpc) is 2.37. The van der Waals surface area contributed by atoms with Crippen molar-refractivity contribution in [1.29, 1.82) is 0 Å². The molecule has 1 heterocycles. The Morgan fingerprint density at radius 1 is 1.05 bits per heavy atom. The van der Waals surface area contributed by atoms with E-state index in [-0.39, 0.29) is 44.8 Å². The maximum atomic E-state index is 12.0. The zero-order valence-electron chi connectivity index (χ0n) is 11.6. The van der Waals surface area contributed by atoms with Gasteiger partial charge in [0.25, 0.3) is 0 Å². The van der Waals surface area contributed by atoms with E-state index in [0.29, 0.717) is 0 Å². The smallest absolute Gasteiger partial charge is 0.305 e. The van der Waals surface area contributed by atoms with E-state index in [4.69, 9.17) is 0 Å². The highest BCUT2D eigenvalue weighted by Crippen LogP contribution is 2.12. The van der Waals surface area contributed by atoms with Crippen molar-refractivity contribution >= 4 is 26.0 Å². The Morgan fingerprint density at radius 2 is 1.55 bits per heavy atom. The molecule has 0 aromatic heterocycles. The van der Waals surface area contributed by atoms with Crippen LogP contribution in [-0.2, 0) is 29.6 Å². The lowest BCUT2D eigenvalue weighted by molar-refractivity contribution is -0.140. The summed E-state index contributed by atoms with van der Waals surface area (Å²) >= 11 is 0. The lowest BCUT2D eigenvalue weighted by atomic mass is 10.3. The highest BCUT2D eigenvalue weighted by Gasteiger charge is 2.29. The third kappa shape index (κ3) is 5.00. The molecular weight excluding hydrogens is 308 g/mol. The summed E-state index contributed by atoms with van der Waals surface area (Å²) in [7, 11) is -5.48. The molecule has 0 spiro atoms. The second-order valence-corrected chi connectivity index (χ2v) is 8.63. The Kier molecular flexibility index (Phi) is 5.92. The van der Waals surface area contributed by atoms with E-state index in [0.717, 1.165) is 6.26 Å². The van der Waals surface area contributed by atoms with Crippen LogP contribution in [0.1, 0.15) is 12.8 Å². The minimum Gasteiger partial charge on any atom is -0.469 e.